The quantitative estimate of drug-likeness (QED) is 0.723. The first-order valence-corrected chi connectivity index (χ1v) is 7.58. The summed E-state index contributed by atoms with van der Waals surface area (Å²) in [5.41, 5.74) is 0. The van der Waals surface area contributed by atoms with E-state index < -0.39 is 5.97 Å². The normalized spacial score (nSPS) is 19.6. The maximum Gasteiger partial charge on any atom is 0.320 e. The Bertz CT molecular complexity index is 205. The van der Waals surface area contributed by atoms with Crippen LogP contribution in [-0.4, -0.2) is 35.7 Å². The highest BCUT2D eigenvalue weighted by atomic mass is 32.2. The van der Waals surface area contributed by atoms with Crippen molar-refractivity contribution in [3.05, 3.63) is 0 Å². The van der Waals surface area contributed by atoms with Crippen LogP contribution in [0, 0.1) is 5.92 Å². The van der Waals surface area contributed by atoms with Crippen molar-refractivity contribution in [2.75, 3.05) is 18.6 Å². The van der Waals surface area contributed by atoms with Crippen LogP contribution in [0.1, 0.15) is 38.5 Å². The summed E-state index contributed by atoms with van der Waals surface area (Å²) in [6.45, 7) is 0.880. The van der Waals surface area contributed by atoms with Gasteiger partial charge in [0, 0.05) is 0 Å². The lowest BCUT2D eigenvalue weighted by Crippen LogP contribution is -2.40. The largest absolute Gasteiger partial charge is 0.480 e. The van der Waals surface area contributed by atoms with Gasteiger partial charge in [-0.1, -0.05) is 19.3 Å². The summed E-state index contributed by atoms with van der Waals surface area (Å²) < 4.78 is 0. The first-order chi connectivity index (χ1) is 7.74. The van der Waals surface area contributed by atoms with Gasteiger partial charge in [0.2, 0.25) is 0 Å². The molecule has 16 heavy (non-hydrogen) atoms. The lowest BCUT2D eigenvalue weighted by molar-refractivity contribution is -0.139. The molecule has 0 aromatic carbocycles. The van der Waals surface area contributed by atoms with Crippen molar-refractivity contribution < 1.29 is 9.90 Å². The summed E-state index contributed by atoms with van der Waals surface area (Å²) in [6.07, 6.45) is 9.25. The number of nitrogens with one attached hydrogen (secondary N) is 1. The highest BCUT2D eigenvalue weighted by Crippen LogP contribution is 2.22. The van der Waals surface area contributed by atoms with Crippen LogP contribution in [0.25, 0.3) is 0 Å². The van der Waals surface area contributed by atoms with Crippen molar-refractivity contribution in [3.63, 3.8) is 0 Å². The van der Waals surface area contributed by atoms with Gasteiger partial charge in [0.05, 0.1) is 0 Å². The van der Waals surface area contributed by atoms with E-state index in [1.54, 1.807) is 11.8 Å². The van der Waals surface area contributed by atoms with Crippen LogP contribution < -0.4 is 5.32 Å². The molecule has 1 fully saturated rings. The molecule has 0 spiro atoms. The van der Waals surface area contributed by atoms with Crippen molar-refractivity contribution in [3.8, 4) is 0 Å². The highest BCUT2D eigenvalue weighted by molar-refractivity contribution is 7.98. The smallest absolute Gasteiger partial charge is 0.320 e. The van der Waals surface area contributed by atoms with Gasteiger partial charge >= 0.3 is 5.97 Å². The Kier molecular flexibility index (Phi) is 6.88. The molecule has 4 heteroatoms. The fraction of sp³-hybridized carbons (Fsp3) is 0.917. The topological polar surface area (TPSA) is 49.3 Å². The van der Waals surface area contributed by atoms with E-state index in [1.807, 2.05) is 6.26 Å². The molecule has 0 saturated heterocycles. The summed E-state index contributed by atoms with van der Waals surface area (Å²) in [6, 6.07) is -0.352. The Hall–Kier alpha value is -0.220. The number of thioether (sulfide) groups is 1. The lowest BCUT2D eigenvalue weighted by atomic mass is 9.89. The SMILES string of the molecule is CSCCC(NCC1CCCCC1)C(=O)O. The summed E-state index contributed by atoms with van der Waals surface area (Å²) in [7, 11) is 0. The van der Waals surface area contributed by atoms with E-state index in [0.29, 0.717) is 5.92 Å². The molecule has 0 heterocycles. The number of carboxylic acid groups (broad SMARTS) is 1. The van der Waals surface area contributed by atoms with E-state index in [0.717, 1.165) is 18.7 Å². The van der Waals surface area contributed by atoms with Crippen molar-refractivity contribution in [2.45, 2.75) is 44.6 Å². The summed E-state index contributed by atoms with van der Waals surface area (Å²) in [4.78, 5) is 11.0. The molecule has 0 aromatic heterocycles. The van der Waals surface area contributed by atoms with Crippen molar-refractivity contribution >= 4 is 17.7 Å². The average molecular weight is 245 g/mol. The predicted molar refractivity (Wildman–Crippen MR) is 69.0 cm³/mol. The molecule has 0 aliphatic heterocycles. The summed E-state index contributed by atoms with van der Waals surface area (Å²) in [5.74, 6) is 0.906. The van der Waals surface area contributed by atoms with Crippen LogP contribution in [0.5, 0.6) is 0 Å². The summed E-state index contributed by atoms with van der Waals surface area (Å²) in [5, 5.41) is 12.3. The molecule has 0 radical (unpaired) electrons. The van der Waals surface area contributed by atoms with Crippen LogP contribution in [0.2, 0.25) is 0 Å². The second-order valence-electron chi connectivity index (χ2n) is 4.58. The molecule has 3 nitrogen and oxygen atoms in total. The number of hydrogen-bond acceptors (Lipinski definition) is 3. The molecule has 0 aromatic rings. The zero-order valence-electron chi connectivity index (χ0n) is 10.1. The Labute approximate surface area is 102 Å². The summed E-state index contributed by atoms with van der Waals surface area (Å²) >= 11 is 1.71. The third-order valence-electron chi connectivity index (χ3n) is 3.29. The Morgan fingerprint density at radius 1 is 1.44 bits per heavy atom. The zero-order chi connectivity index (χ0) is 11.8. The first-order valence-electron chi connectivity index (χ1n) is 6.19. The monoisotopic (exact) mass is 245 g/mol. The van der Waals surface area contributed by atoms with Gasteiger partial charge in [-0.3, -0.25) is 4.79 Å². The average Bonchev–Trinajstić information content (AvgIpc) is 2.30. The van der Waals surface area contributed by atoms with E-state index in [1.165, 1.54) is 32.1 Å². The van der Waals surface area contributed by atoms with Crippen LogP contribution in [0.15, 0.2) is 0 Å². The maximum atomic E-state index is 11.0. The highest BCUT2D eigenvalue weighted by Gasteiger charge is 2.19. The molecule has 0 bridgehead atoms. The second kappa shape index (κ2) is 7.96. The van der Waals surface area contributed by atoms with Crippen molar-refractivity contribution in [1.82, 2.24) is 5.32 Å². The molecule has 0 amide bonds. The first kappa shape index (κ1) is 13.8. The minimum Gasteiger partial charge on any atom is -0.480 e. The molecular formula is C12H23NO2S. The standard InChI is InChI=1S/C12H23NO2S/c1-16-8-7-11(12(14)15)13-9-10-5-3-2-4-6-10/h10-11,13H,2-9H2,1H3,(H,14,15). The van der Waals surface area contributed by atoms with Gasteiger partial charge in [-0.25, -0.2) is 0 Å². The van der Waals surface area contributed by atoms with E-state index >= 15 is 0 Å². The molecule has 1 saturated carbocycles. The van der Waals surface area contributed by atoms with E-state index in [4.69, 9.17) is 5.11 Å². The van der Waals surface area contributed by atoms with Crippen LogP contribution in [0.4, 0.5) is 0 Å². The number of aliphatic carboxylic acids is 1. The third kappa shape index (κ3) is 5.21. The van der Waals surface area contributed by atoms with Gasteiger partial charge in [0.25, 0.3) is 0 Å². The van der Waals surface area contributed by atoms with Crippen molar-refractivity contribution in [1.29, 1.82) is 0 Å². The van der Waals surface area contributed by atoms with Gasteiger partial charge in [0.1, 0.15) is 6.04 Å². The molecule has 1 unspecified atom stereocenters. The van der Waals surface area contributed by atoms with Crippen molar-refractivity contribution in [2.24, 2.45) is 5.92 Å². The van der Waals surface area contributed by atoms with E-state index in [2.05, 4.69) is 5.32 Å². The molecule has 1 rings (SSSR count). The zero-order valence-corrected chi connectivity index (χ0v) is 10.9. The van der Waals surface area contributed by atoms with E-state index in [9.17, 15) is 4.79 Å². The lowest BCUT2D eigenvalue weighted by Gasteiger charge is -2.24. The molecule has 1 atom stereocenters. The molecule has 2 N–H and O–H groups in total. The number of hydrogen-bond donors (Lipinski definition) is 2. The second-order valence-corrected chi connectivity index (χ2v) is 5.57. The number of carbonyl (C=O) groups is 1. The van der Waals surface area contributed by atoms with Gasteiger partial charge in [0.15, 0.2) is 0 Å². The minimum absolute atomic E-state index is 0.352. The van der Waals surface area contributed by atoms with Crippen LogP contribution in [0.3, 0.4) is 0 Å². The van der Waals surface area contributed by atoms with Crippen LogP contribution >= 0.6 is 11.8 Å². The Morgan fingerprint density at radius 2 is 2.12 bits per heavy atom. The van der Waals surface area contributed by atoms with E-state index in [-0.39, 0.29) is 6.04 Å². The predicted octanol–water partition coefficient (Wildman–Crippen LogP) is 2.36. The maximum absolute atomic E-state index is 11.0. The van der Waals surface area contributed by atoms with Gasteiger partial charge in [-0.15, -0.1) is 0 Å². The molecule has 94 valence electrons. The number of rotatable bonds is 7. The number of carboxylic acids is 1. The molecule has 1 aliphatic rings. The third-order valence-corrected chi connectivity index (χ3v) is 3.93. The van der Waals surface area contributed by atoms with Gasteiger partial charge < -0.3 is 10.4 Å². The molecular weight excluding hydrogens is 222 g/mol. The van der Waals surface area contributed by atoms with Crippen LogP contribution in [-0.2, 0) is 4.79 Å². The Balaban J connectivity index is 2.22. The fourth-order valence-electron chi connectivity index (χ4n) is 2.25. The Morgan fingerprint density at radius 3 is 2.69 bits per heavy atom. The fourth-order valence-corrected chi connectivity index (χ4v) is 2.72. The van der Waals surface area contributed by atoms with Gasteiger partial charge in [-0.05, 0) is 43.7 Å². The molecule has 1 aliphatic carbocycles. The van der Waals surface area contributed by atoms with Gasteiger partial charge in [-0.2, -0.15) is 11.8 Å². The minimum atomic E-state index is -0.704.